The Hall–Kier alpha value is -2.56. The molecular weight excluding hydrogens is 254 g/mol. The molecule has 1 aromatic carbocycles. The first-order valence-electron chi connectivity index (χ1n) is 6.27. The minimum absolute atomic E-state index is 0.0745. The number of nitrogens with one attached hydrogen (secondary N) is 1. The molecule has 2 aromatic rings. The van der Waals surface area contributed by atoms with Gasteiger partial charge in [0.2, 0.25) is 0 Å². The van der Waals surface area contributed by atoms with Crippen LogP contribution in [0.2, 0.25) is 0 Å². The molecule has 5 heteroatoms. The lowest BCUT2D eigenvalue weighted by Crippen LogP contribution is -2.14. The molecule has 1 aromatic heterocycles. The van der Waals surface area contributed by atoms with Gasteiger partial charge in [0.15, 0.2) is 0 Å². The van der Waals surface area contributed by atoms with E-state index in [4.69, 9.17) is 10.5 Å². The molecule has 2 rings (SSSR count). The Morgan fingerprint density at radius 3 is 2.75 bits per heavy atom. The van der Waals surface area contributed by atoms with E-state index in [0.717, 1.165) is 5.56 Å². The number of methoxy groups -OCH3 is 1. The van der Waals surface area contributed by atoms with Crippen LogP contribution in [0.15, 0.2) is 42.6 Å². The topological polar surface area (TPSA) is 77.2 Å². The Balaban J connectivity index is 2.26. The number of aromatic nitrogens is 1. The van der Waals surface area contributed by atoms with Gasteiger partial charge in [-0.2, -0.15) is 0 Å². The molecule has 0 bridgehead atoms. The van der Waals surface area contributed by atoms with Crippen molar-refractivity contribution in [3.63, 3.8) is 0 Å². The third-order valence-corrected chi connectivity index (χ3v) is 3.03. The fourth-order valence-electron chi connectivity index (χ4n) is 1.98. The van der Waals surface area contributed by atoms with Crippen LogP contribution in [0.1, 0.15) is 28.9 Å². The number of nitrogens with zero attached hydrogens (tertiary/aromatic N) is 1. The van der Waals surface area contributed by atoms with Crippen LogP contribution in [-0.4, -0.2) is 18.1 Å². The van der Waals surface area contributed by atoms with Gasteiger partial charge in [0.1, 0.15) is 11.4 Å². The largest absolute Gasteiger partial charge is 0.465 e. The van der Waals surface area contributed by atoms with Crippen LogP contribution in [0.4, 0.5) is 11.5 Å². The number of nitrogens with two attached hydrogens (primary N) is 1. The fourth-order valence-corrected chi connectivity index (χ4v) is 1.98. The molecule has 0 spiro atoms. The van der Waals surface area contributed by atoms with E-state index in [1.54, 1.807) is 18.3 Å². The first kappa shape index (κ1) is 13.9. The number of para-hydroxylation sites is 1. The molecule has 0 aliphatic rings. The summed E-state index contributed by atoms with van der Waals surface area (Å²) in [5, 5.41) is 3.19. The van der Waals surface area contributed by atoms with Crippen molar-refractivity contribution >= 4 is 17.5 Å². The summed E-state index contributed by atoms with van der Waals surface area (Å²) in [4.78, 5) is 15.9. The zero-order chi connectivity index (χ0) is 14.5. The summed E-state index contributed by atoms with van der Waals surface area (Å²) in [6.45, 7) is 1.96. The average molecular weight is 271 g/mol. The van der Waals surface area contributed by atoms with Gasteiger partial charge in [0.25, 0.3) is 0 Å². The minimum Gasteiger partial charge on any atom is -0.465 e. The Bertz CT molecular complexity index is 614. The zero-order valence-corrected chi connectivity index (χ0v) is 11.5. The van der Waals surface area contributed by atoms with E-state index in [9.17, 15) is 4.79 Å². The highest BCUT2D eigenvalue weighted by molar-refractivity contribution is 5.94. The van der Waals surface area contributed by atoms with Gasteiger partial charge in [-0.3, -0.25) is 0 Å². The maximum Gasteiger partial charge on any atom is 0.341 e. The van der Waals surface area contributed by atoms with E-state index in [2.05, 4.69) is 10.3 Å². The minimum atomic E-state index is -0.422. The number of esters is 1. The summed E-state index contributed by atoms with van der Waals surface area (Å²) in [7, 11) is 1.34. The molecular formula is C15H17N3O2. The monoisotopic (exact) mass is 271 g/mol. The normalized spacial score (nSPS) is 11.7. The van der Waals surface area contributed by atoms with E-state index in [-0.39, 0.29) is 6.04 Å². The van der Waals surface area contributed by atoms with E-state index in [0.29, 0.717) is 17.1 Å². The second-order valence-corrected chi connectivity index (χ2v) is 4.39. The molecule has 0 fully saturated rings. The van der Waals surface area contributed by atoms with E-state index in [1.807, 2.05) is 31.2 Å². The Morgan fingerprint density at radius 1 is 1.30 bits per heavy atom. The van der Waals surface area contributed by atoms with Gasteiger partial charge in [0.05, 0.1) is 13.2 Å². The molecule has 0 radical (unpaired) electrons. The van der Waals surface area contributed by atoms with Crippen molar-refractivity contribution in [2.75, 3.05) is 18.2 Å². The molecule has 0 amide bonds. The zero-order valence-electron chi connectivity index (χ0n) is 11.5. The molecule has 0 aliphatic carbocycles. The Kier molecular flexibility index (Phi) is 4.20. The van der Waals surface area contributed by atoms with Crippen LogP contribution in [0.5, 0.6) is 0 Å². The van der Waals surface area contributed by atoms with Gasteiger partial charge in [-0.05, 0) is 30.7 Å². The van der Waals surface area contributed by atoms with Crippen molar-refractivity contribution in [3.05, 3.63) is 53.7 Å². The molecule has 0 saturated heterocycles. The number of carbonyl (C=O) groups excluding carboxylic acids is 1. The van der Waals surface area contributed by atoms with Crippen LogP contribution in [0, 0.1) is 0 Å². The molecule has 3 N–H and O–H groups in total. The highest BCUT2D eigenvalue weighted by Crippen LogP contribution is 2.24. The maximum atomic E-state index is 11.7. The van der Waals surface area contributed by atoms with Crippen molar-refractivity contribution in [2.24, 2.45) is 0 Å². The number of anilines is 2. The average Bonchev–Trinajstić information content (AvgIpc) is 2.47. The summed E-state index contributed by atoms with van der Waals surface area (Å²) in [6.07, 6.45) is 1.62. The highest BCUT2D eigenvalue weighted by Gasteiger charge is 2.15. The van der Waals surface area contributed by atoms with Crippen molar-refractivity contribution in [2.45, 2.75) is 13.0 Å². The number of pyridine rings is 1. The molecule has 5 nitrogen and oxygen atoms in total. The quantitative estimate of drug-likeness (QED) is 0.660. The first-order valence-corrected chi connectivity index (χ1v) is 6.27. The second-order valence-electron chi connectivity index (χ2n) is 4.39. The molecule has 1 atom stereocenters. The number of carbonyl (C=O) groups is 1. The van der Waals surface area contributed by atoms with E-state index < -0.39 is 5.97 Å². The van der Waals surface area contributed by atoms with Crippen molar-refractivity contribution in [1.82, 2.24) is 4.98 Å². The van der Waals surface area contributed by atoms with Crippen LogP contribution in [0.3, 0.4) is 0 Å². The van der Waals surface area contributed by atoms with Gasteiger partial charge < -0.3 is 15.8 Å². The number of hydrogen-bond donors (Lipinski definition) is 2. The summed E-state index contributed by atoms with van der Waals surface area (Å²) in [5.41, 5.74) is 8.00. The van der Waals surface area contributed by atoms with E-state index >= 15 is 0 Å². The smallest absolute Gasteiger partial charge is 0.341 e. The highest BCUT2D eigenvalue weighted by atomic mass is 16.5. The molecule has 0 saturated carbocycles. The number of rotatable bonds is 4. The molecule has 0 aliphatic heterocycles. The third-order valence-electron chi connectivity index (χ3n) is 3.03. The molecule has 1 unspecified atom stereocenters. The van der Waals surface area contributed by atoms with Gasteiger partial charge >= 0.3 is 5.97 Å². The van der Waals surface area contributed by atoms with Crippen molar-refractivity contribution in [1.29, 1.82) is 0 Å². The van der Waals surface area contributed by atoms with Crippen LogP contribution in [0.25, 0.3) is 0 Å². The first-order chi connectivity index (χ1) is 9.63. The van der Waals surface area contributed by atoms with Crippen LogP contribution < -0.4 is 11.1 Å². The molecule has 104 valence electrons. The number of benzene rings is 1. The SMILES string of the molecule is COC(=O)c1cccnc1NC(C)c1ccccc1N. The Morgan fingerprint density at radius 2 is 2.05 bits per heavy atom. The lowest BCUT2D eigenvalue weighted by atomic mass is 10.1. The summed E-state index contributed by atoms with van der Waals surface area (Å²) in [6, 6.07) is 10.9. The third kappa shape index (κ3) is 2.88. The summed E-state index contributed by atoms with van der Waals surface area (Å²) < 4.78 is 4.74. The van der Waals surface area contributed by atoms with E-state index in [1.165, 1.54) is 7.11 Å². The fraction of sp³-hybridized carbons (Fsp3) is 0.200. The molecule has 20 heavy (non-hydrogen) atoms. The van der Waals surface area contributed by atoms with Crippen molar-refractivity contribution in [3.8, 4) is 0 Å². The summed E-state index contributed by atoms with van der Waals surface area (Å²) >= 11 is 0. The van der Waals surface area contributed by atoms with Gasteiger partial charge in [-0.15, -0.1) is 0 Å². The van der Waals surface area contributed by atoms with Gasteiger partial charge in [-0.25, -0.2) is 9.78 Å². The lowest BCUT2D eigenvalue weighted by Gasteiger charge is -2.18. The number of hydrogen-bond acceptors (Lipinski definition) is 5. The maximum absolute atomic E-state index is 11.7. The second kappa shape index (κ2) is 6.06. The predicted molar refractivity (Wildman–Crippen MR) is 78.5 cm³/mol. The number of nitrogen functional groups attached to an aromatic ring is 1. The van der Waals surface area contributed by atoms with Gasteiger partial charge in [-0.1, -0.05) is 18.2 Å². The van der Waals surface area contributed by atoms with Gasteiger partial charge in [0, 0.05) is 11.9 Å². The van der Waals surface area contributed by atoms with Crippen molar-refractivity contribution < 1.29 is 9.53 Å². The Labute approximate surface area is 117 Å². The van der Waals surface area contributed by atoms with Crippen LogP contribution in [-0.2, 0) is 4.74 Å². The lowest BCUT2D eigenvalue weighted by molar-refractivity contribution is 0.0601. The molecule has 1 heterocycles. The summed E-state index contributed by atoms with van der Waals surface area (Å²) in [5.74, 6) is 0.0592. The van der Waals surface area contributed by atoms with Crippen LogP contribution >= 0.6 is 0 Å². The standard InChI is InChI=1S/C15H17N3O2/c1-10(11-6-3-4-8-13(11)16)18-14-12(15(19)20-2)7-5-9-17-14/h3-10H,16H2,1-2H3,(H,17,18). The number of ether oxygens (including phenoxy) is 1. The predicted octanol–water partition coefficient (Wildman–Crippen LogP) is 2.62.